The molecule has 1 N–H and O–H groups in total. The summed E-state index contributed by atoms with van der Waals surface area (Å²) in [5, 5.41) is 0.192. The molecule has 112 valence electrons. The van der Waals surface area contributed by atoms with Crippen molar-refractivity contribution in [2.24, 2.45) is 0 Å². The number of methoxy groups -OCH3 is 1. The van der Waals surface area contributed by atoms with E-state index >= 15 is 0 Å². The molecule has 0 spiro atoms. The van der Waals surface area contributed by atoms with Crippen LogP contribution in [0.4, 0.5) is 0 Å². The van der Waals surface area contributed by atoms with Crippen LogP contribution in [0.5, 0.6) is 5.75 Å². The van der Waals surface area contributed by atoms with Gasteiger partial charge >= 0.3 is 0 Å². The highest BCUT2D eigenvalue weighted by molar-refractivity contribution is 7.89. The minimum atomic E-state index is -3.70. The van der Waals surface area contributed by atoms with Crippen LogP contribution in [-0.2, 0) is 10.0 Å². The Morgan fingerprint density at radius 2 is 1.71 bits per heavy atom. The van der Waals surface area contributed by atoms with E-state index in [-0.39, 0.29) is 9.92 Å². The van der Waals surface area contributed by atoms with Crippen molar-refractivity contribution >= 4 is 21.6 Å². The highest BCUT2D eigenvalue weighted by atomic mass is 35.5. The summed E-state index contributed by atoms with van der Waals surface area (Å²) in [5.74, 6) is 0.631. The normalized spacial score (nSPS) is 12.9. The molecule has 2 aromatic carbocycles. The van der Waals surface area contributed by atoms with Crippen LogP contribution >= 0.6 is 11.6 Å². The first-order valence-electron chi connectivity index (χ1n) is 6.35. The van der Waals surface area contributed by atoms with E-state index in [0.717, 1.165) is 5.56 Å². The molecule has 0 amide bonds. The van der Waals surface area contributed by atoms with Gasteiger partial charge < -0.3 is 4.74 Å². The Morgan fingerprint density at radius 1 is 1.10 bits per heavy atom. The first-order chi connectivity index (χ1) is 9.95. The highest BCUT2D eigenvalue weighted by Gasteiger charge is 2.22. The van der Waals surface area contributed by atoms with Crippen LogP contribution in [0.25, 0.3) is 0 Å². The van der Waals surface area contributed by atoms with Gasteiger partial charge in [0.2, 0.25) is 10.0 Å². The second-order valence-corrected chi connectivity index (χ2v) is 6.60. The maximum atomic E-state index is 12.4. The van der Waals surface area contributed by atoms with Gasteiger partial charge in [-0.3, -0.25) is 0 Å². The summed E-state index contributed by atoms with van der Waals surface area (Å²) in [7, 11) is -2.15. The van der Waals surface area contributed by atoms with E-state index in [1.807, 2.05) is 18.2 Å². The van der Waals surface area contributed by atoms with Crippen molar-refractivity contribution in [3.63, 3.8) is 0 Å². The summed E-state index contributed by atoms with van der Waals surface area (Å²) in [5.41, 5.74) is 0.760. The van der Waals surface area contributed by atoms with Crippen LogP contribution in [0.3, 0.4) is 0 Å². The van der Waals surface area contributed by atoms with E-state index in [4.69, 9.17) is 16.3 Å². The van der Waals surface area contributed by atoms with Crippen LogP contribution in [0, 0.1) is 0 Å². The molecule has 0 heterocycles. The molecule has 0 aromatic heterocycles. The largest absolute Gasteiger partial charge is 0.496 e. The van der Waals surface area contributed by atoms with Crippen molar-refractivity contribution < 1.29 is 13.2 Å². The number of benzene rings is 2. The zero-order chi connectivity index (χ0) is 15.5. The van der Waals surface area contributed by atoms with Crippen LogP contribution in [-0.4, -0.2) is 15.5 Å². The van der Waals surface area contributed by atoms with Gasteiger partial charge in [-0.1, -0.05) is 41.9 Å². The van der Waals surface area contributed by atoms with Crippen molar-refractivity contribution in [1.29, 1.82) is 0 Å². The number of sulfonamides is 1. The van der Waals surface area contributed by atoms with Crippen LogP contribution in [0.15, 0.2) is 53.4 Å². The number of ether oxygens (including phenoxy) is 1. The van der Waals surface area contributed by atoms with Crippen LogP contribution in [0.2, 0.25) is 5.02 Å². The fraction of sp³-hybridized carbons (Fsp3) is 0.200. The summed E-state index contributed by atoms with van der Waals surface area (Å²) in [6, 6.07) is 13.2. The smallest absolute Gasteiger partial charge is 0.242 e. The predicted octanol–water partition coefficient (Wildman–Crippen LogP) is 3.39. The van der Waals surface area contributed by atoms with Gasteiger partial charge in [-0.15, -0.1) is 0 Å². The minimum absolute atomic E-state index is 0.0633. The van der Waals surface area contributed by atoms with E-state index in [1.54, 1.807) is 38.3 Å². The first kappa shape index (κ1) is 15.8. The third kappa shape index (κ3) is 3.56. The molecule has 2 rings (SSSR count). The third-order valence-corrected chi connectivity index (χ3v) is 5.10. The van der Waals surface area contributed by atoms with E-state index in [2.05, 4.69) is 4.72 Å². The predicted molar refractivity (Wildman–Crippen MR) is 83.2 cm³/mol. The van der Waals surface area contributed by atoms with Gasteiger partial charge in [-0.2, -0.15) is 0 Å². The third-order valence-electron chi connectivity index (χ3n) is 3.06. The van der Waals surface area contributed by atoms with Gasteiger partial charge in [-0.25, -0.2) is 13.1 Å². The molecule has 0 bridgehead atoms. The molecule has 4 nitrogen and oxygen atoms in total. The molecule has 0 unspecified atom stereocenters. The Bertz CT molecular complexity index is 731. The lowest BCUT2D eigenvalue weighted by Crippen LogP contribution is -2.27. The number of nitrogens with one attached hydrogen (secondary N) is 1. The van der Waals surface area contributed by atoms with Crippen molar-refractivity contribution in [3.05, 3.63) is 59.1 Å². The Morgan fingerprint density at radius 3 is 2.38 bits per heavy atom. The van der Waals surface area contributed by atoms with Gasteiger partial charge in [0.1, 0.15) is 10.6 Å². The van der Waals surface area contributed by atoms with Gasteiger partial charge in [-0.05, 0) is 25.1 Å². The zero-order valence-corrected chi connectivity index (χ0v) is 13.3. The molecule has 0 aliphatic carbocycles. The fourth-order valence-corrected chi connectivity index (χ4v) is 3.79. The van der Waals surface area contributed by atoms with Crippen molar-refractivity contribution in [2.45, 2.75) is 17.9 Å². The number of hydrogen-bond donors (Lipinski definition) is 1. The molecule has 2 aromatic rings. The summed E-state index contributed by atoms with van der Waals surface area (Å²) < 4.78 is 32.7. The average molecular weight is 326 g/mol. The molecule has 0 fully saturated rings. The summed E-state index contributed by atoms with van der Waals surface area (Å²) in [4.78, 5) is 0.0633. The minimum Gasteiger partial charge on any atom is -0.496 e. The molecule has 21 heavy (non-hydrogen) atoms. The van der Waals surface area contributed by atoms with Gasteiger partial charge in [0.25, 0.3) is 0 Å². The molecule has 6 heteroatoms. The molecular weight excluding hydrogens is 310 g/mol. The Hall–Kier alpha value is -1.56. The summed E-state index contributed by atoms with van der Waals surface area (Å²) in [6.45, 7) is 1.76. The molecule has 0 aliphatic rings. The lowest BCUT2D eigenvalue weighted by Gasteiger charge is -2.17. The molecule has 0 radical (unpaired) electrons. The first-order valence-corrected chi connectivity index (χ1v) is 8.21. The Kier molecular flexibility index (Phi) is 4.88. The van der Waals surface area contributed by atoms with E-state index < -0.39 is 16.1 Å². The van der Waals surface area contributed by atoms with Crippen molar-refractivity contribution in [1.82, 2.24) is 4.72 Å². The summed E-state index contributed by atoms with van der Waals surface area (Å²) in [6.07, 6.45) is 0. The molecule has 0 saturated heterocycles. The lowest BCUT2D eigenvalue weighted by molar-refractivity contribution is 0.405. The van der Waals surface area contributed by atoms with Gasteiger partial charge in [0.05, 0.1) is 12.1 Å². The Balaban J connectivity index is 2.31. The molecule has 0 saturated carbocycles. The lowest BCUT2D eigenvalue weighted by atomic mass is 10.1. The quantitative estimate of drug-likeness (QED) is 0.916. The van der Waals surface area contributed by atoms with Crippen molar-refractivity contribution in [2.75, 3.05) is 7.11 Å². The van der Waals surface area contributed by atoms with Crippen molar-refractivity contribution in [3.8, 4) is 5.75 Å². The van der Waals surface area contributed by atoms with Crippen LogP contribution in [0.1, 0.15) is 18.5 Å². The number of hydrogen-bond acceptors (Lipinski definition) is 3. The average Bonchev–Trinajstić information content (AvgIpc) is 2.47. The maximum Gasteiger partial charge on any atom is 0.242 e. The van der Waals surface area contributed by atoms with Gasteiger partial charge in [0, 0.05) is 11.6 Å². The molecular formula is C15H16ClNO3S. The maximum absolute atomic E-state index is 12.4. The second kappa shape index (κ2) is 6.47. The SMILES string of the molecule is COc1ccccc1[C@@H](C)NS(=O)(=O)c1ccccc1Cl. The summed E-state index contributed by atoms with van der Waals surface area (Å²) >= 11 is 5.95. The molecule has 1 atom stereocenters. The fourth-order valence-electron chi connectivity index (χ4n) is 2.05. The zero-order valence-electron chi connectivity index (χ0n) is 11.7. The standard InChI is InChI=1S/C15H16ClNO3S/c1-11(12-7-3-5-9-14(12)20-2)17-21(18,19)15-10-6-4-8-13(15)16/h3-11,17H,1-2H3/t11-/m1/s1. The van der Waals surface area contributed by atoms with E-state index in [1.165, 1.54) is 6.07 Å². The van der Waals surface area contributed by atoms with E-state index in [9.17, 15) is 8.42 Å². The number of halogens is 1. The Labute approximate surface area is 129 Å². The number of rotatable bonds is 5. The van der Waals surface area contributed by atoms with E-state index in [0.29, 0.717) is 5.75 Å². The second-order valence-electron chi connectivity index (χ2n) is 4.52. The van der Waals surface area contributed by atoms with Gasteiger partial charge in [0.15, 0.2) is 0 Å². The monoisotopic (exact) mass is 325 g/mol. The highest BCUT2D eigenvalue weighted by Crippen LogP contribution is 2.27. The number of para-hydroxylation sites is 1. The van der Waals surface area contributed by atoms with Crippen LogP contribution < -0.4 is 9.46 Å². The molecule has 0 aliphatic heterocycles. The topological polar surface area (TPSA) is 55.4 Å².